The molecule has 0 radical (unpaired) electrons. The van der Waals surface area contributed by atoms with Crippen molar-refractivity contribution >= 4 is 17.4 Å². The Hall–Kier alpha value is -4.06. The zero-order chi connectivity index (χ0) is 21.6. The van der Waals surface area contributed by atoms with Crippen LogP contribution in [0.3, 0.4) is 0 Å². The van der Waals surface area contributed by atoms with Crippen LogP contribution in [-0.2, 0) is 6.54 Å². The van der Waals surface area contributed by atoms with E-state index in [-0.39, 0.29) is 11.7 Å². The van der Waals surface area contributed by atoms with Crippen LogP contribution in [0.15, 0.2) is 85.1 Å². The largest absolute Gasteiger partial charge is 0.348 e. The molecular formula is C25H21FN4O. The lowest BCUT2D eigenvalue weighted by Crippen LogP contribution is -2.22. The Kier molecular flexibility index (Phi) is 5.98. The molecule has 0 saturated heterocycles. The first-order valence-electron chi connectivity index (χ1n) is 9.87. The lowest BCUT2D eigenvalue weighted by molar-refractivity contribution is 0.0951. The van der Waals surface area contributed by atoms with Crippen LogP contribution < -0.4 is 10.6 Å². The standard InChI is InChI=1S/C25H21FN4O/c1-17-5-2-6-18(13-17)16-28-25(31)20-8-4-10-22(15-20)29-23-11-12-27-24(30-23)19-7-3-9-21(26)14-19/h2-15H,16H2,1H3,(H,28,31)(H,27,29,30). The van der Waals surface area contributed by atoms with Gasteiger partial charge in [-0.3, -0.25) is 4.79 Å². The zero-order valence-electron chi connectivity index (χ0n) is 17.0. The van der Waals surface area contributed by atoms with Crippen molar-refractivity contribution in [3.05, 3.63) is 108 Å². The smallest absolute Gasteiger partial charge is 0.251 e. The molecule has 0 saturated carbocycles. The fourth-order valence-corrected chi connectivity index (χ4v) is 3.19. The second-order valence-electron chi connectivity index (χ2n) is 7.15. The van der Waals surface area contributed by atoms with E-state index in [1.807, 2.05) is 37.3 Å². The third-order valence-corrected chi connectivity index (χ3v) is 4.67. The number of halogens is 1. The number of benzene rings is 3. The minimum absolute atomic E-state index is 0.159. The van der Waals surface area contributed by atoms with Crippen molar-refractivity contribution < 1.29 is 9.18 Å². The number of aryl methyl sites for hydroxylation is 1. The molecule has 31 heavy (non-hydrogen) atoms. The molecular weight excluding hydrogens is 391 g/mol. The first-order chi connectivity index (χ1) is 15.1. The molecule has 4 aromatic rings. The van der Waals surface area contributed by atoms with Gasteiger partial charge in [-0.15, -0.1) is 0 Å². The molecule has 0 fully saturated rings. The van der Waals surface area contributed by atoms with Crippen molar-refractivity contribution in [3.63, 3.8) is 0 Å². The summed E-state index contributed by atoms with van der Waals surface area (Å²) in [5, 5.41) is 6.12. The number of hydrogen-bond donors (Lipinski definition) is 2. The molecule has 1 heterocycles. The summed E-state index contributed by atoms with van der Waals surface area (Å²) >= 11 is 0. The Balaban J connectivity index is 1.46. The Morgan fingerprint density at radius 2 is 1.81 bits per heavy atom. The van der Waals surface area contributed by atoms with Crippen LogP contribution in [0, 0.1) is 12.7 Å². The van der Waals surface area contributed by atoms with Crippen LogP contribution in [0.25, 0.3) is 11.4 Å². The molecule has 0 atom stereocenters. The van der Waals surface area contributed by atoms with Crippen molar-refractivity contribution in [2.45, 2.75) is 13.5 Å². The third-order valence-electron chi connectivity index (χ3n) is 4.67. The minimum atomic E-state index is -0.344. The number of amides is 1. The van der Waals surface area contributed by atoms with E-state index in [0.717, 1.165) is 11.1 Å². The molecule has 1 amide bonds. The predicted octanol–water partition coefficient (Wildman–Crippen LogP) is 5.26. The molecule has 3 aromatic carbocycles. The highest BCUT2D eigenvalue weighted by Crippen LogP contribution is 2.20. The quantitative estimate of drug-likeness (QED) is 0.453. The first-order valence-corrected chi connectivity index (χ1v) is 9.87. The lowest BCUT2D eigenvalue weighted by atomic mass is 10.1. The number of hydrogen-bond acceptors (Lipinski definition) is 4. The Morgan fingerprint density at radius 3 is 2.65 bits per heavy atom. The van der Waals surface area contributed by atoms with E-state index in [9.17, 15) is 9.18 Å². The number of nitrogens with one attached hydrogen (secondary N) is 2. The van der Waals surface area contributed by atoms with Gasteiger partial charge in [0.2, 0.25) is 0 Å². The molecule has 0 bridgehead atoms. The molecule has 154 valence electrons. The normalized spacial score (nSPS) is 10.5. The number of rotatable bonds is 6. The highest BCUT2D eigenvalue weighted by Gasteiger charge is 2.08. The molecule has 2 N–H and O–H groups in total. The molecule has 0 spiro atoms. The number of anilines is 2. The van der Waals surface area contributed by atoms with Gasteiger partial charge in [-0.25, -0.2) is 14.4 Å². The van der Waals surface area contributed by atoms with Crippen molar-refractivity contribution in [2.75, 3.05) is 5.32 Å². The summed E-state index contributed by atoms with van der Waals surface area (Å²) in [4.78, 5) is 21.2. The van der Waals surface area contributed by atoms with Gasteiger partial charge in [0, 0.05) is 29.6 Å². The van der Waals surface area contributed by atoms with Crippen molar-refractivity contribution in [2.24, 2.45) is 0 Å². The third kappa shape index (κ3) is 5.30. The fraction of sp³-hybridized carbons (Fsp3) is 0.0800. The number of aromatic nitrogens is 2. The zero-order valence-corrected chi connectivity index (χ0v) is 17.0. The Morgan fingerprint density at radius 1 is 0.968 bits per heavy atom. The van der Waals surface area contributed by atoms with Crippen LogP contribution >= 0.6 is 0 Å². The van der Waals surface area contributed by atoms with Crippen LogP contribution in [0.5, 0.6) is 0 Å². The SMILES string of the molecule is Cc1cccc(CNC(=O)c2cccc(Nc3ccnc(-c4cccc(F)c4)n3)c2)c1. The van der Waals surface area contributed by atoms with E-state index in [1.165, 1.54) is 12.1 Å². The number of carbonyl (C=O) groups excluding carboxylic acids is 1. The maximum Gasteiger partial charge on any atom is 0.251 e. The summed E-state index contributed by atoms with van der Waals surface area (Å²) in [7, 11) is 0. The van der Waals surface area contributed by atoms with Gasteiger partial charge in [-0.1, -0.05) is 48.0 Å². The fourth-order valence-electron chi connectivity index (χ4n) is 3.19. The molecule has 0 unspecified atom stereocenters. The average molecular weight is 412 g/mol. The van der Waals surface area contributed by atoms with Gasteiger partial charge in [0.15, 0.2) is 5.82 Å². The molecule has 0 aliphatic rings. The summed E-state index contributed by atoms with van der Waals surface area (Å²) in [6, 6.07) is 23.0. The summed E-state index contributed by atoms with van der Waals surface area (Å²) in [5.41, 5.74) is 4.05. The van der Waals surface area contributed by atoms with Gasteiger partial charge in [-0.2, -0.15) is 0 Å². The van der Waals surface area contributed by atoms with Crippen molar-refractivity contribution in [1.29, 1.82) is 0 Å². The molecule has 0 aliphatic carbocycles. The topological polar surface area (TPSA) is 66.9 Å². The second-order valence-corrected chi connectivity index (χ2v) is 7.15. The first kappa shape index (κ1) is 20.2. The predicted molar refractivity (Wildman–Crippen MR) is 119 cm³/mol. The van der Waals surface area contributed by atoms with E-state index in [4.69, 9.17) is 0 Å². The molecule has 4 rings (SSSR count). The molecule has 5 nitrogen and oxygen atoms in total. The van der Waals surface area contributed by atoms with E-state index >= 15 is 0 Å². The van der Waals surface area contributed by atoms with Gasteiger partial charge < -0.3 is 10.6 Å². The van der Waals surface area contributed by atoms with Gasteiger partial charge in [0.05, 0.1) is 0 Å². The van der Waals surface area contributed by atoms with Gasteiger partial charge in [0.1, 0.15) is 11.6 Å². The van der Waals surface area contributed by atoms with Crippen LogP contribution in [0.2, 0.25) is 0 Å². The van der Waals surface area contributed by atoms with Crippen LogP contribution in [0.4, 0.5) is 15.9 Å². The minimum Gasteiger partial charge on any atom is -0.348 e. The van der Waals surface area contributed by atoms with Crippen molar-refractivity contribution in [1.82, 2.24) is 15.3 Å². The molecule has 6 heteroatoms. The van der Waals surface area contributed by atoms with Gasteiger partial charge in [0.25, 0.3) is 5.91 Å². The summed E-state index contributed by atoms with van der Waals surface area (Å²) in [6.07, 6.45) is 1.61. The lowest BCUT2D eigenvalue weighted by Gasteiger charge is -2.10. The molecule has 1 aromatic heterocycles. The average Bonchev–Trinajstić information content (AvgIpc) is 2.78. The van der Waals surface area contributed by atoms with Gasteiger partial charge in [-0.05, 0) is 48.9 Å². The maximum atomic E-state index is 13.5. The van der Waals surface area contributed by atoms with Crippen LogP contribution in [0.1, 0.15) is 21.5 Å². The maximum absolute atomic E-state index is 13.5. The summed E-state index contributed by atoms with van der Waals surface area (Å²) < 4.78 is 13.5. The summed E-state index contributed by atoms with van der Waals surface area (Å²) in [6.45, 7) is 2.48. The highest BCUT2D eigenvalue weighted by molar-refractivity contribution is 5.95. The second kappa shape index (κ2) is 9.17. The number of nitrogens with zero attached hydrogens (tertiary/aromatic N) is 2. The summed E-state index contributed by atoms with van der Waals surface area (Å²) in [5.74, 6) is 0.459. The van der Waals surface area contributed by atoms with Crippen molar-refractivity contribution in [3.8, 4) is 11.4 Å². The highest BCUT2D eigenvalue weighted by atomic mass is 19.1. The number of carbonyl (C=O) groups is 1. The van der Waals surface area contributed by atoms with Gasteiger partial charge >= 0.3 is 0 Å². The van der Waals surface area contributed by atoms with Crippen LogP contribution in [-0.4, -0.2) is 15.9 Å². The Labute approximate surface area is 180 Å². The van der Waals surface area contributed by atoms with E-state index < -0.39 is 0 Å². The van der Waals surface area contributed by atoms with E-state index in [0.29, 0.717) is 35.0 Å². The van der Waals surface area contributed by atoms with E-state index in [2.05, 4.69) is 20.6 Å². The monoisotopic (exact) mass is 412 g/mol. The Bertz CT molecular complexity index is 1230. The molecule has 0 aliphatic heterocycles. The van der Waals surface area contributed by atoms with E-state index in [1.54, 1.807) is 42.6 Å².